The van der Waals surface area contributed by atoms with Crippen molar-refractivity contribution in [2.75, 3.05) is 38.7 Å². The van der Waals surface area contributed by atoms with Gasteiger partial charge in [-0.05, 0) is 77.0 Å². The number of amides is 4. The van der Waals surface area contributed by atoms with Gasteiger partial charge < -0.3 is 35.0 Å². The van der Waals surface area contributed by atoms with Crippen LogP contribution in [-0.2, 0) is 9.53 Å². The van der Waals surface area contributed by atoms with Crippen molar-refractivity contribution in [2.24, 2.45) is 11.8 Å². The molecule has 1 aromatic carbocycles. The first-order valence-corrected chi connectivity index (χ1v) is 17.8. The first kappa shape index (κ1) is 36.0. The molecule has 46 heavy (non-hydrogen) atoms. The highest BCUT2D eigenvalue weighted by Crippen LogP contribution is 2.30. The lowest BCUT2D eigenvalue weighted by Crippen LogP contribution is -2.50. The quantitative estimate of drug-likeness (QED) is 0.337. The number of likely N-dealkylation sites (N-methyl/N-ethyl adjacent to an activating group) is 1. The molecule has 0 spiro atoms. The highest BCUT2D eigenvalue weighted by molar-refractivity contribution is 6.00. The van der Waals surface area contributed by atoms with Crippen molar-refractivity contribution in [2.45, 2.75) is 129 Å². The predicted molar refractivity (Wildman–Crippen MR) is 180 cm³/mol. The third-order valence-electron chi connectivity index (χ3n) is 10.0. The summed E-state index contributed by atoms with van der Waals surface area (Å²) in [5.74, 6) is 0.0425. The highest BCUT2D eigenvalue weighted by Gasteiger charge is 2.31. The second-order valence-electron chi connectivity index (χ2n) is 14.0. The molecular weight excluding hydrogens is 584 g/mol. The van der Waals surface area contributed by atoms with E-state index in [1.165, 1.54) is 12.8 Å². The Morgan fingerprint density at radius 1 is 1.00 bits per heavy atom. The van der Waals surface area contributed by atoms with E-state index in [2.05, 4.69) is 10.6 Å². The van der Waals surface area contributed by atoms with Gasteiger partial charge in [0.25, 0.3) is 5.91 Å². The van der Waals surface area contributed by atoms with E-state index in [9.17, 15) is 19.5 Å². The van der Waals surface area contributed by atoms with Gasteiger partial charge in [0.15, 0.2) is 0 Å². The standard InChI is InChI=1S/C36H58N4O6/c1-25-22-40(26(2)24-41)35(43)31-21-30(37-34(42)28-14-7-5-8-15-28)18-19-32(31)46-27(3)13-11-12-20-45-33(25)23-39(4)36(44)38-29-16-9-6-10-17-29/h18-19,21,25-29,33,41H,5-17,20,22-24H2,1-4H3,(H,37,42)(H,38,44)/t25-,26-,27-,33-/m0/s1. The number of ether oxygens (including phenoxy) is 2. The molecule has 10 nitrogen and oxygen atoms in total. The summed E-state index contributed by atoms with van der Waals surface area (Å²) >= 11 is 0. The molecule has 1 aromatic rings. The van der Waals surface area contributed by atoms with Gasteiger partial charge in [0, 0.05) is 50.3 Å². The maximum Gasteiger partial charge on any atom is 0.317 e. The molecule has 258 valence electrons. The molecule has 3 N–H and O–H groups in total. The minimum Gasteiger partial charge on any atom is -0.490 e. The van der Waals surface area contributed by atoms with Gasteiger partial charge in [-0.1, -0.05) is 45.4 Å². The topological polar surface area (TPSA) is 120 Å². The summed E-state index contributed by atoms with van der Waals surface area (Å²) in [6.45, 7) is 6.90. The zero-order valence-electron chi connectivity index (χ0n) is 28.6. The molecule has 4 atom stereocenters. The summed E-state index contributed by atoms with van der Waals surface area (Å²) in [5.41, 5.74) is 0.927. The summed E-state index contributed by atoms with van der Waals surface area (Å²) < 4.78 is 12.7. The maximum atomic E-state index is 14.4. The lowest BCUT2D eigenvalue weighted by Gasteiger charge is -2.36. The zero-order valence-corrected chi connectivity index (χ0v) is 28.6. The number of fused-ring (bicyclic) bond motifs is 1. The lowest BCUT2D eigenvalue weighted by molar-refractivity contribution is -0.120. The SMILES string of the molecule is C[C@H]1CCCCO[C@@H](CN(C)C(=O)NC2CCCCC2)[C@@H](C)CN([C@@H](C)CO)C(=O)c2cc(NC(=O)C3CCCCC3)ccc2O1. The molecule has 0 saturated heterocycles. The number of nitrogens with zero attached hydrogens (tertiary/aromatic N) is 2. The van der Waals surface area contributed by atoms with Gasteiger partial charge in [-0.25, -0.2) is 4.79 Å². The lowest BCUT2D eigenvalue weighted by atomic mass is 9.88. The van der Waals surface area contributed by atoms with Crippen LogP contribution in [0.15, 0.2) is 18.2 Å². The molecule has 2 fully saturated rings. The fourth-order valence-electron chi connectivity index (χ4n) is 6.96. The average Bonchev–Trinajstić information content (AvgIpc) is 3.06. The average molecular weight is 643 g/mol. The number of aliphatic hydroxyl groups is 1. The van der Waals surface area contributed by atoms with Gasteiger partial charge >= 0.3 is 6.03 Å². The molecule has 2 saturated carbocycles. The van der Waals surface area contributed by atoms with E-state index < -0.39 is 6.04 Å². The molecule has 0 radical (unpaired) electrons. The first-order valence-electron chi connectivity index (χ1n) is 17.8. The second kappa shape index (κ2) is 17.9. The summed E-state index contributed by atoms with van der Waals surface area (Å²) in [6.07, 6.45) is 12.7. The third-order valence-corrected chi connectivity index (χ3v) is 10.0. The molecule has 2 aliphatic carbocycles. The molecule has 0 unspecified atom stereocenters. The van der Waals surface area contributed by atoms with Crippen LogP contribution in [0, 0.1) is 11.8 Å². The molecule has 10 heteroatoms. The van der Waals surface area contributed by atoms with Crippen molar-refractivity contribution in [1.82, 2.24) is 15.1 Å². The number of rotatable bonds is 7. The van der Waals surface area contributed by atoms with Gasteiger partial charge in [-0.15, -0.1) is 0 Å². The molecular formula is C36H58N4O6. The Kier molecular flexibility index (Phi) is 14.0. The number of aliphatic hydroxyl groups excluding tert-OH is 1. The molecule has 4 rings (SSSR count). The normalized spacial score (nSPS) is 25.0. The van der Waals surface area contributed by atoms with Gasteiger partial charge in [-0.2, -0.15) is 0 Å². The fourth-order valence-corrected chi connectivity index (χ4v) is 6.96. The number of benzene rings is 1. The first-order chi connectivity index (χ1) is 22.2. The van der Waals surface area contributed by atoms with Crippen molar-refractivity contribution in [3.05, 3.63) is 23.8 Å². The van der Waals surface area contributed by atoms with Gasteiger partial charge in [0.05, 0.1) is 30.4 Å². The highest BCUT2D eigenvalue weighted by atomic mass is 16.5. The Morgan fingerprint density at radius 2 is 1.67 bits per heavy atom. The van der Waals surface area contributed by atoms with Crippen LogP contribution in [0.1, 0.15) is 115 Å². The number of carbonyl (C=O) groups is 3. The van der Waals surface area contributed by atoms with E-state index in [0.29, 0.717) is 36.7 Å². The zero-order chi connectivity index (χ0) is 33.1. The van der Waals surface area contributed by atoms with Crippen LogP contribution in [0.3, 0.4) is 0 Å². The summed E-state index contributed by atoms with van der Waals surface area (Å²) in [7, 11) is 1.80. The van der Waals surface area contributed by atoms with Crippen molar-refractivity contribution in [3.8, 4) is 5.75 Å². The molecule has 4 amide bonds. The third kappa shape index (κ3) is 10.3. The Labute approximate surface area is 275 Å². The summed E-state index contributed by atoms with van der Waals surface area (Å²) in [4.78, 5) is 43.9. The Balaban J connectivity index is 1.56. The van der Waals surface area contributed by atoms with Crippen LogP contribution in [0.2, 0.25) is 0 Å². The molecule has 0 aromatic heterocycles. The summed E-state index contributed by atoms with van der Waals surface area (Å²) in [6, 6.07) is 4.96. The van der Waals surface area contributed by atoms with Crippen LogP contribution >= 0.6 is 0 Å². The van der Waals surface area contributed by atoms with Crippen LogP contribution < -0.4 is 15.4 Å². The van der Waals surface area contributed by atoms with E-state index in [0.717, 1.165) is 70.6 Å². The van der Waals surface area contributed by atoms with E-state index >= 15 is 0 Å². The van der Waals surface area contributed by atoms with Gasteiger partial charge in [0.2, 0.25) is 5.91 Å². The van der Waals surface area contributed by atoms with Crippen molar-refractivity contribution >= 4 is 23.5 Å². The minimum atomic E-state index is -0.471. The number of hydrogen-bond acceptors (Lipinski definition) is 6. The number of hydrogen-bond donors (Lipinski definition) is 3. The maximum absolute atomic E-state index is 14.4. The van der Waals surface area contributed by atoms with Crippen LogP contribution in [0.25, 0.3) is 0 Å². The monoisotopic (exact) mass is 642 g/mol. The van der Waals surface area contributed by atoms with Crippen LogP contribution in [0.4, 0.5) is 10.5 Å². The van der Waals surface area contributed by atoms with Crippen molar-refractivity contribution < 1.29 is 29.0 Å². The Morgan fingerprint density at radius 3 is 2.37 bits per heavy atom. The largest absolute Gasteiger partial charge is 0.490 e. The Bertz CT molecular complexity index is 1140. The second-order valence-corrected chi connectivity index (χ2v) is 14.0. The van der Waals surface area contributed by atoms with E-state index in [4.69, 9.17) is 9.47 Å². The van der Waals surface area contributed by atoms with E-state index in [-0.39, 0.29) is 54.5 Å². The van der Waals surface area contributed by atoms with Crippen LogP contribution in [-0.4, -0.2) is 90.4 Å². The molecule has 1 aliphatic heterocycles. The summed E-state index contributed by atoms with van der Waals surface area (Å²) in [5, 5.41) is 16.5. The smallest absolute Gasteiger partial charge is 0.317 e. The van der Waals surface area contributed by atoms with Gasteiger partial charge in [0.1, 0.15) is 5.75 Å². The fraction of sp³-hybridized carbons (Fsp3) is 0.750. The van der Waals surface area contributed by atoms with Crippen LogP contribution in [0.5, 0.6) is 5.75 Å². The predicted octanol–water partition coefficient (Wildman–Crippen LogP) is 5.98. The number of nitrogens with one attached hydrogen (secondary N) is 2. The molecule has 3 aliphatic rings. The minimum absolute atomic E-state index is 0.00637. The number of urea groups is 1. The number of carbonyl (C=O) groups excluding carboxylic acids is 3. The van der Waals surface area contributed by atoms with Gasteiger partial charge in [-0.3, -0.25) is 9.59 Å². The van der Waals surface area contributed by atoms with E-state index in [1.54, 1.807) is 29.0 Å². The Hall–Kier alpha value is -2.85. The molecule has 0 bridgehead atoms. The van der Waals surface area contributed by atoms with Crippen molar-refractivity contribution in [3.63, 3.8) is 0 Å². The molecule has 1 heterocycles. The van der Waals surface area contributed by atoms with E-state index in [1.807, 2.05) is 26.8 Å². The van der Waals surface area contributed by atoms with Crippen molar-refractivity contribution in [1.29, 1.82) is 0 Å². The number of anilines is 1.